The number of methoxy groups -OCH3 is 1. The third kappa shape index (κ3) is 5.29. The molecule has 3 rings (SSSR count). The number of amides is 2. The van der Waals surface area contributed by atoms with E-state index in [2.05, 4.69) is 36.6 Å². The van der Waals surface area contributed by atoms with Crippen LogP contribution in [0.2, 0.25) is 0 Å². The van der Waals surface area contributed by atoms with Crippen LogP contribution in [0.15, 0.2) is 56.3 Å². The maximum atomic E-state index is 12.4. The van der Waals surface area contributed by atoms with Crippen molar-refractivity contribution in [2.45, 2.75) is 6.61 Å². The summed E-state index contributed by atoms with van der Waals surface area (Å²) in [5, 5.41) is -0.507. The quantitative estimate of drug-likeness (QED) is 0.379. The second kappa shape index (κ2) is 9.60. The van der Waals surface area contributed by atoms with E-state index < -0.39 is 23.7 Å². The van der Waals surface area contributed by atoms with Gasteiger partial charge in [-0.1, -0.05) is 30.3 Å². The Morgan fingerprint density at radius 2 is 1.79 bits per heavy atom. The lowest BCUT2D eigenvalue weighted by Crippen LogP contribution is -2.34. The lowest BCUT2D eigenvalue weighted by Gasteiger charge is -2.12. The molecule has 2 aromatic rings. The SMILES string of the molecule is COC(=O)CN1C(=O)S/C(=C\c2cc(Br)c(OCc3ccccc3)c(Br)c2)C1=O. The highest BCUT2D eigenvalue weighted by atomic mass is 79.9. The summed E-state index contributed by atoms with van der Waals surface area (Å²) < 4.78 is 11.8. The molecule has 29 heavy (non-hydrogen) atoms. The number of rotatable bonds is 6. The number of benzene rings is 2. The zero-order valence-corrected chi connectivity index (χ0v) is 19.2. The van der Waals surface area contributed by atoms with E-state index >= 15 is 0 Å². The molecule has 1 fully saturated rings. The van der Waals surface area contributed by atoms with Crippen molar-refractivity contribution in [2.75, 3.05) is 13.7 Å². The van der Waals surface area contributed by atoms with Gasteiger partial charge in [0.25, 0.3) is 11.1 Å². The van der Waals surface area contributed by atoms with Crippen molar-refractivity contribution in [1.82, 2.24) is 4.90 Å². The second-order valence-electron chi connectivity index (χ2n) is 5.93. The van der Waals surface area contributed by atoms with Crippen molar-refractivity contribution < 1.29 is 23.9 Å². The number of hydrogen-bond acceptors (Lipinski definition) is 6. The maximum absolute atomic E-state index is 12.4. The number of esters is 1. The fraction of sp³-hybridized carbons (Fsp3) is 0.150. The Hall–Kier alpha value is -2.10. The van der Waals surface area contributed by atoms with Gasteiger partial charge in [0.1, 0.15) is 18.9 Å². The van der Waals surface area contributed by atoms with Crippen molar-refractivity contribution in [3.63, 3.8) is 0 Å². The monoisotopic (exact) mass is 539 g/mol. The smallest absolute Gasteiger partial charge is 0.325 e. The van der Waals surface area contributed by atoms with Crippen LogP contribution in [0.5, 0.6) is 5.75 Å². The number of carbonyl (C=O) groups is 3. The molecule has 0 aromatic heterocycles. The van der Waals surface area contributed by atoms with Gasteiger partial charge in [0, 0.05) is 0 Å². The van der Waals surface area contributed by atoms with Gasteiger partial charge in [-0.05, 0) is 73.0 Å². The van der Waals surface area contributed by atoms with Crippen LogP contribution in [0.4, 0.5) is 4.79 Å². The van der Waals surface area contributed by atoms with E-state index in [4.69, 9.17) is 4.74 Å². The molecular weight excluding hydrogens is 526 g/mol. The number of hydrogen-bond donors (Lipinski definition) is 0. The van der Waals surface area contributed by atoms with Crippen molar-refractivity contribution in [3.8, 4) is 5.75 Å². The van der Waals surface area contributed by atoms with Crippen molar-refractivity contribution in [2.24, 2.45) is 0 Å². The second-order valence-corrected chi connectivity index (χ2v) is 8.63. The molecule has 0 aliphatic carbocycles. The lowest BCUT2D eigenvalue weighted by atomic mass is 10.2. The zero-order chi connectivity index (χ0) is 21.0. The van der Waals surface area contributed by atoms with E-state index in [0.29, 0.717) is 26.9 Å². The number of nitrogens with zero attached hydrogens (tertiary/aromatic N) is 1. The molecule has 1 aliphatic heterocycles. The Morgan fingerprint density at radius 3 is 2.41 bits per heavy atom. The van der Waals surface area contributed by atoms with Gasteiger partial charge in [-0.2, -0.15) is 0 Å². The Labute approximate surface area is 188 Å². The molecule has 0 unspecified atom stereocenters. The van der Waals surface area contributed by atoms with Crippen molar-refractivity contribution in [1.29, 1.82) is 0 Å². The first-order chi connectivity index (χ1) is 13.9. The molecule has 1 aliphatic rings. The molecule has 150 valence electrons. The predicted molar refractivity (Wildman–Crippen MR) is 117 cm³/mol. The van der Waals surface area contributed by atoms with Crippen LogP contribution in [-0.2, 0) is 20.9 Å². The summed E-state index contributed by atoms with van der Waals surface area (Å²) in [5.41, 5.74) is 1.73. The van der Waals surface area contributed by atoms with E-state index in [-0.39, 0.29) is 4.91 Å². The zero-order valence-electron chi connectivity index (χ0n) is 15.2. The molecule has 0 radical (unpaired) electrons. The van der Waals surface area contributed by atoms with Gasteiger partial charge in [0.15, 0.2) is 0 Å². The molecule has 0 saturated carbocycles. The van der Waals surface area contributed by atoms with Gasteiger partial charge in [-0.25, -0.2) is 0 Å². The van der Waals surface area contributed by atoms with Crippen molar-refractivity contribution in [3.05, 3.63) is 67.4 Å². The van der Waals surface area contributed by atoms with E-state index in [9.17, 15) is 14.4 Å². The minimum absolute atomic E-state index is 0.232. The first kappa shape index (κ1) is 21.6. The molecule has 1 saturated heterocycles. The highest BCUT2D eigenvalue weighted by molar-refractivity contribution is 9.11. The molecule has 0 spiro atoms. The number of imide groups is 1. The van der Waals surface area contributed by atoms with Gasteiger partial charge in [0.05, 0.1) is 21.0 Å². The number of ether oxygens (including phenoxy) is 2. The fourth-order valence-corrected chi connectivity index (χ4v) is 4.80. The largest absolute Gasteiger partial charge is 0.487 e. The highest BCUT2D eigenvalue weighted by Crippen LogP contribution is 2.38. The van der Waals surface area contributed by atoms with E-state index in [1.54, 1.807) is 18.2 Å². The van der Waals surface area contributed by atoms with Crippen molar-refractivity contribution >= 4 is 66.8 Å². The Kier molecular flexibility index (Phi) is 7.15. The molecular formula is C20H15Br2NO5S. The standard InChI is InChI=1S/C20H15Br2NO5S/c1-27-17(24)10-23-19(25)16(29-20(23)26)9-13-7-14(21)18(15(22)8-13)28-11-12-5-3-2-4-6-12/h2-9H,10-11H2,1H3/b16-9-. The van der Waals surface area contributed by atoms with Gasteiger partial charge < -0.3 is 9.47 Å². The molecule has 0 bridgehead atoms. The molecule has 0 atom stereocenters. The summed E-state index contributed by atoms with van der Waals surface area (Å²) in [6.07, 6.45) is 1.60. The lowest BCUT2D eigenvalue weighted by molar-refractivity contribution is -0.143. The average molecular weight is 541 g/mol. The molecule has 2 amide bonds. The van der Waals surface area contributed by atoms with Crippen LogP contribution in [0.1, 0.15) is 11.1 Å². The average Bonchev–Trinajstić information content (AvgIpc) is 2.95. The molecule has 2 aromatic carbocycles. The Balaban J connectivity index is 1.77. The van der Waals surface area contributed by atoms with Crippen LogP contribution < -0.4 is 4.74 Å². The first-order valence-corrected chi connectivity index (χ1v) is 10.8. The van der Waals surface area contributed by atoms with Crippen LogP contribution >= 0.6 is 43.6 Å². The minimum Gasteiger partial charge on any atom is -0.487 e. The van der Waals surface area contributed by atoms with E-state index in [1.165, 1.54) is 7.11 Å². The summed E-state index contributed by atoms with van der Waals surface area (Å²) in [6.45, 7) is 0.00195. The summed E-state index contributed by atoms with van der Waals surface area (Å²) in [6, 6.07) is 13.4. The first-order valence-electron chi connectivity index (χ1n) is 8.37. The van der Waals surface area contributed by atoms with Gasteiger partial charge >= 0.3 is 5.97 Å². The molecule has 1 heterocycles. The summed E-state index contributed by atoms with van der Waals surface area (Å²) >= 11 is 7.76. The number of halogens is 2. The van der Waals surface area contributed by atoms with E-state index in [1.807, 2.05) is 30.3 Å². The number of carbonyl (C=O) groups excluding carboxylic acids is 3. The topological polar surface area (TPSA) is 72.9 Å². The summed E-state index contributed by atoms with van der Waals surface area (Å²) in [7, 11) is 1.20. The maximum Gasteiger partial charge on any atom is 0.325 e. The normalized spacial score (nSPS) is 15.1. The van der Waals surface area contributed by atoms with Crippen LogP contribution in [0.3, 0.4) is 0 Å². The van der Waals surface area contributed by atoms with Crippen LogP contribution in [0, 0.1) is 0 Å². The Bertz CT molecular complexity index is 971. The van der Waals surface area contributed by atoms with Gasteiger partial charge in [-0.15, -0.1) is 0 Å². The molecule has 9 heteroatoms. The fourth-order valence-electron chi connectivity index (χ4n) is 2.51. The highest BCUT2D eigenvalue weighted by Gasteiger charge is 2.36. The molecule has 6 nitrogen and oxygen atoms in total. The summed E-state index contributed by atoms with van der Waals surface area (Å²) in [5.74, 6) is -0.550. The van der Waals surface area contributed by atoms with Crippen LogP contribution in [-0.4, -0.2) is 35.7 Å². The molecule has 0 N–H and O–H groups in total. The Morgan fingerprint density at radius 1 is 1.14 bits per heavy atom. The van der Waals surface area contributed by atoms with Gasteiger partial charge in [0.2, 0.25) is 0 Å². The minimum atomic E-state index is -0.654. The predicted octanol–water partition coefficient (Wildman–Crippen LogP) is 5.00. The summed E-state index contributed by atoms with van der Waals surface area (Å²) in [4.78, 5) is 36.9. The third-order valence-electron chi connectivity index (χ3n) is 3.93. The van der Waals surface area contributed by atoms with Crippen LogP contribution in [0.25, 0.3) is 6.08 Å². The number of thioether (sulfide) groups is 1. The van der Waals surface area contributed by atoms with E-state index in [0.717, 1.165) is 22.2 Å². The third-order valence-corrected chi connectivity index (χ3v) is 6.02. The van der Waals surface area contributed by atoms with Gasteiger partial charge in [-0.3, -0.25) is 19.3 Å².